The molecular formula is C14H19ClN2O2. The van der Waals surface area contributed by atoms with Gasteiger partial charge in [-0.15, -0.1) is 0 Å². The summed E-state index contributed by atoms with van der Waals surface area (Å²) in [4.78, 5) is 18.2. The molecule has 0 bridgehead atoms. The van der Waals surface area contributed by atoms with E-state index in [1.54, 1.807) is 4.90 Å². The molecule has 19 heavy (non-hydrogen) atoms. The number of carbonyl (C=O) groups excluding carboxylic acids is 1. The highest BCUT2D eigenvalue weighted by atomic mass is 35.5. The van der Waals surface area contributed by atoms with Gasteiger partial charge in [-0.3, -0.25) is 4.90 Å². The van der Waals surface area contributed by atoms with Gasteiger partial charge >= 0.3 is 6.09 Å². The van der Waals surface area contributed by atoms with Crippen LogP contribution in [0.15, 0.2) is 6.07 Å². The molecule has 104 valence electrons. The average molecular weight is 283 g/mol. The maximum Gasteiger partial charge on any atom is 0.416 e. The number of carbonyl (C=O) groups is 1. The number of aryl methyl sites for hydroxylation is 1. The van der Waals surface area contributed by atoms with Crippen molar-refractivity contribution in [3.63, 3.8) is 0 Å². The molecule has 1 atom stereocenters. The number of aromatic nitrogens is 1. The van der Waals surface area contributed by atoms with Gasteiger partial charge in [-0.2, -0.15) is 0 Å². The number of hydrogen-bond acceptors (Lipinski definition) is 3. The van der Waals surface area contributed by atoms with Gasteiger partial charge in [-0.05, 0) is 58.2 Å². The minimum atomic E-state index is -0.520. The molecule has 1 aliphatic heterocycles. The molecule has 4 nitrogen and oxygen atoms in total. The van der Waals surface area contributed by atoms with Crippen LogP contribution in [0.5, 0.6) is 0 Å². The Hall–Kier alpha value is -1.29. The van der Waals surface area contributed by atoms with E-state index in [0.717, 1.165) is 17.5 Å². The van der Waals surface area contributed by atoms with E-state index in [1.165, 1.54) is 0 Å². The van der Waals surface area contributed by atoms with Gasteiger partial charge in [0.1, 0.15) is 16.6 Å². The number of anilines is 1. The highest BCUT2D eigenvalue weighted by Gasteiger charge is 2.35. The standard InChI is InChI=1S/C14H19ClN2O2/c1-8-6-10-7-9(2)17(12(10)16-11(8)15)13(18)19-14(3,4)5/h6,9H,7H2,1-5H3. The molecule has 0 aromatic carbocycles. The van der Waals surface area contributed by atoms with Crippen LogP contribution in [0.2, 0.25) is 5.15 Å². The van der Waals surface area contributed by atoms with Crippen molar-refractivity contribution in [3.05, 3.63) is 22.3 Å². The number of nitrogens with zero attached hydrogens (tertiary/aromatic N) is 2. The van der Waals surface area contributed by atoms with Gasteiger partial charge in [0.15, 0.2) is 0 Å². The zero-order valence-corrected chi connectivity index (χ0v) is 12.7. The van der Waals surface area contributed by atoms with Crippen LogP contribution < -0.4 is 4.90 Å². The Bertz CT molecular complexity index is 523. The molecule has 0 saturated carbocycles. The van der Waals surface area contributed by atoms with Gasteiger partial charge in [-0.25, -0.2) is 9.78 Å². The summed E-state index contributed by atoms with van der Waals surface area (Å²) < 4.78 is 5.42. The molecule has 2 rings (SSSR count). The number of rotatable bonds is 0. The van der Waals surface area contributed by atoms with Crippen molar-refractivity contribution in [2.24, 2.45) is 0 Å². The Morgan fingerprint density at radius 3 is 2.74 bits per heavy atom. The first-order valence-corrected chi connectivity index (χ1v) is 6.75. The van der Waals surface area contributed by atoms with Crippen molar-refractivity contribution < 1.29 is 9.53 Å². The van der Waals surface area contributed by atoms with Crippen LogP contribution in [0.3, 0.4) is 0 Å². The van der Waals surface area contributed by atoms with E-state index < -0.39 is 5.60 Å². The van der Waals surface area contributed by atoms with Crippen molar-refractivity contribution in [2.45, 2.75) is 52.7 Å². The van der Waals surface area contributed by atoms with Gasteiger partial charge in [0.05, 0.1) is 0 Å². The molecular weight excluding hydrogens is 264 g/mol. The number of hydrogen-bond donors (Lipinski definition) is 0. The lowest BCUT2D eigenvalue weighted by atomic mass is 10.1. The summed E-state index contributed by atoms with van der Waals surface area (Å²) in [7, 11) is 0. The summed E-state index contributed by atoms with van der Waals surface area (Å²) in [5.74, 6) is 0.623. The summed E-state index contributed by atoms with van der Waals surface area (Å²) in [5, 5.41) is 0.432. The maximum absolute atomic E-state index is 12.3. The second kappa shape index (κ2) is 4.67. The Labute approximate surface area is 118 Å². The Balaban J connectivity index is 2.34. The third-order valence-electron chi connectivity index (χ3n) is 2.98. The molecule has 0 saturated heterocycles. The first-order valence-electron chi connectivity index (χ1n) is 6.37. The summed E-state index contributed by atoms with van der Waals surface area (Å²) in [5.41, 5.74) is 1.45. The fraction of sp³-hybridized carbons (Fsp3) is 0.571. The van der Waals surface area contributed by atoms with Gasteiger partial charge in [-0.1, -0.05) is 11.6 Å². The van der Waals surface area contributed by atoms with Gasteiger partial charge < -0.3 is 4.74 Å². The summed E-state index contributed by atoms with van der Waals surface area (Å²) in [6.45, 7) is 9.44. The average Bonchev–Trinajstić information content (AvgIpc) is 2.52. The van der Waals surface area contributed by atoms with E-state index >= 15 is 0 Å². The minimum Gasteiger partial charge on any atom is -0.443 e. The molecule has 1 aromatic heterocycles. The lowest BCUT2D eigenvalue weighted by Gasteiger charge is -2.27. The van der Waals surface area contributed by atoms with Crippen LogP contribution >= 0.6 is 11.6 Å². The lowest BCUT2D eigenvalue weighted by Crippen LogP contribution is -2.40. The summed E-state index contributed by atoms with van der Waals surface area (Å²) >= 11 is 6.05. The third-order valence-corrected chi connectivity index (χ3v) is 3.36. The lowest BCUT2D eigenvalue weighted by molar-refractivity contribution is 0.0571. The minimum absolute atomic E-state index is 0.0372. The van der Waals surface area contributed by atoms with Gasteiger partial charge in [0, 0.05) is 6.04 Å². The third kappa shape index (κ3) is 2.84. The van der Waals surface area contributed by atoms with Crippen molar-refractivity contribution in [2.75, 3.05) is 4.90 Å². The smallest absolute Gasteiger partial charge is 0.416 e. The Morgan fingerprint density at radius 2 is 2.16 bits per heavy atom. The zero-order chi connectivity index (χ0) is 14.4. The number of pyridine rings is 1. The molecule has 5 heteroatoms. The van der Waals surface area contributed by atoms with E-state index in [-0.39, 0.29) is 12.1 Å². The second-order valence-corrected chi connectivity index (χ2v) is 6.34. The molecule has 0 spiro atoms. The van der Waals surface area contributed by atoms with Crippen LogP contribution in [-0.2, 0) is 11.2 Å². The van der Waals surface area contributed by atoms with Crippen molar-refractivity contribution in [3.8, 4) is 0 Å². The largest absolute Gasteiger partial charge is 0.443 e. The quantitative estimate of drug-likeness (QED) is 0.681. The normalized spacial score (nSPS) is 18.4. The predicted octanol–water partition coefficient (Wildman–Crippen LogP) is 3.73. The maximum atomic E-state index is 12.3. The Morgan fingerprint density at radius 1 is 1.53 bits per heavy atom. The monoisotopic (exact) mass is 282 g/mol. The van der Waals surface area contributed by atoms with Crippen LogP contribution in [0.4, 0.5) is 10.6 Å². The molecule has 0 aliphatic carbocycles. The van der Waals surface area contributed by atoms with E-state index in [0.29, 0.717) is 11.0 Å². The van der Waals surface area contributed by atoms with E-state index in [4.69, 9.17) is 16.3 Å². The molecule has 0 fully saturated rings. The molecule has 1 amide bonds. The molecule has 2 heterocycles. The van der Waals surface area contributed by atoms with Crippen molar-refractivity contribution >= 4 is 23.5 Å². The number of halogens is 1. The van der Waals surface area contributed by atoms with E-state index in [2.05, 4.69) is 4.98 Å². The number of ether oxygens (including phenoxy) is 1. The zero-order valence-electron chi connectivity index (χ0n) is 12.0. The topological polar surface area (TPSA) is 42.4 Å². The summed E-state index contributed by atoms with van der Waals surface area (Å²) in [6, 6.07) is 2.03. The Kier molecular flexibility index (Phi) is 3.47. The van der Waals surface area contributed by atoms with Crippen molar-refractivity contribution in [1.29, 1.82) is 0 Å². The van der Waals surface area contributed by atoms with Crippen LogP contribution in [0.1, 0.15) is 38.8 Å². The first-order chi connectivity index (χ1) is 8.69. The molecule has 0 radical (unpaired) electrons. The highest BCUT2D eigenvalue weighted by Crippen LogP contribution is 2.34. The van der Waals surface area contributed by atoms with E-state index in [9.17, 15) is 4.79 Å². The first kappa shape index (κ1) is 14.1. The van der Waals surface area contributed by atoms with Crippen LogP contribution in [0, 0.1) is 6.92 Å². The van der Waals surface area contributed by atoms with Crippen LogP contribution in [-0.4, -0.2) is 22.7 Å². The summed E-state index contributed by atoms with van der Waals surface area (Å²) in [6.07, 6.45) is 0.408. The fourth-order valence-corrected chi connectivity index (χ4v) is 2.33. The van der Waals surface area contributed by atoms with E-state index in [1.807, 2.05) is 40.7 Å². The van der Waals surface area contributed by atoms with Gasteiger partial charge in [0.25, 0.3) is 0 Å². The molecule has 1 aromatic rings. The molecule has 1 aliphatic rings. The fourth-order valence-electron chi connectivity index (χ4n) is 2.19. The highest BCUT2D eigenvalue weighted by molar-refractivity contribution is 6.30. The second-order valence-electron chi connectivity index (χ2n) is 5.98. The molecule has 1 unspecified atom stereocenters. The van der Waals surface area contributed by atoms with Gasteiger partial charge in [0.2, 0.25) is 0 Å². The molecule has 0 N–H and O–H groups in total. The van der Waals surface area contributed by atoms with Crippen LogP contribution in [0.25, 0.3) is 0 Å². The number of amides is 1. The number of fused-ring (bicyclic) bond motifs is 1. The van der Waals surface area contributed by atoms with Crippen molar-refractivity contribution in [1.82, 2.24) is 4.98 Å². The SMILES string of the molecule is Cc1cc2c(nc1Cl)N(C(=O)OC(C)(C)C)C(C)C2. The predicted molar refractivity (Wildman–Crippen MR) is 75.9 cm³/mol.